The lowest BCUT2D eigenvalue weighted by Gasteiger charge is -2.24. The van der Waals surface area contributed by atoms with Crippen LogP contribution in [-0.4, -0.2) is 20.9 Å². The highest BCUT2D eigenvalue weighted by Crippen LogP contribution is 2.21. The highest BCUT2D eigenvalue weighted by molar-refractivity contribution is 6.71. The van der Waals surface area contributed by atoms with Crippen molar-refractivity contribution in [2.75, 3.05) is 6.61 Å². The molecule has 0 N–H and O–H groups in total. The van der Waals surface area contributed by atoms with Crippen molar-refractivity contribution in [2.45, 2.75) is 32.5 Å². The average molecular weight is 278 g/mol. The molecule has 0 saturated heterocycles. The maximum atomic E-state index is 10.9. The lowest BCUT2D eigenvalue weighted by Crippen LogP contribution is -2.34. The Labute approximate surface area is 116 Å². The first-order chi connectivity index (χ1) is 8.93. The van der Waals surface area contributed by atoms with Gasteiger partial charge in [-0.1, -0.05) is 18.7 Å². The fourth-order valence-corrected chi connectivity index (χ4v) is 3.64. The number of carbonyl (C=O) groups excluding carboxylic acids is 1. The van der Waals surface area contributed by atoms with Crippen LogP contribution in [-0.2, 0) is 9.53 Å². The van der Waals surface area contributed by atoms with Crippen molar-refractivity contribution in [1.29, 1.82) is 0 Å². The highest BCUT2D eigenvalue weighted by atomic mass is 28.4. The molecule has 3 nitrogen and oxygen atoms in total. The van der Waals surface area contributed by atoms with Crippen LogP contribution < -0.4 is 4.43 Å². The van der Waals surface area contributed by atoms with Gasteiger partial charge in [0.2, 0.25) is 8.32 Å². The van der Waals surface area contributed by atoms with Crippen LogP contribution in [0.25, 0.3) is 0 Å². The highest BCUT2D eigenvalue weighted by Gasteiger charge is 2.24. The van der Waals surface area contributed by atoms with Gasteiger partial charge in [-0.05, 0) is 50.2 Å². The number of rotatable bonds is 7. The lowest BCUT2D eigenvalue weighted by atomic mass is 10.2. The zero-order chi connectivity index (χ0) is 14.3. The summed E-state index contributed by atoms with van der Waals surface area (Å²) in [6, 6.07) is 9.04. The molecule has 0 bridgehead atoms. The van der Waals surface area contributed by atoms with E-state index in [4.69, 9.17) is 9.16 Å². The number of hydrogen-bond acceptors (Lipinski definition) is 3. The van der Waals surface area contributed by atoms with Crippen molar-refractivity contribution in [3.8, 4) is 5.75 Å². The minimum Gasteiger partial charge on any atom is -0.544 e. The van der Waals surface area contributed by atoms with E-state index in [1.807, 2.05) is 18.2 Å². The standard InChI is InChI=1S/C15H22O3Si/c1-5-15(16)17-10-7-11-19(3,4)18-14-9-6-8-13(2)12-14/h5-6,8-9,12H,1,7,10-11H2,2-4H3. The summed E-state index contributed by atoms with van der Waals surface area (Å²) in [7, 11) is -1.77. The molecular formula is C15H22O3Si. The summed E-state index contributed by atoms with van der Waals surface area (Å²) in [5.74, 6) is 0.568. The van der Waals surface area contributed by atoms with Gasteiger partial charge in [-0.2, -0.15) is 0 Å². The molecule has 0 heterocycles. The molecule has 0 aliphatic carbocycles. The van der Waals surface area contributed by atoms with Gasteiger partial charge in [0.15, 0.2) is 0 Å². The Kier molecular flexibility index (Phi) is 5.82. The smallest absolute Gasteiger partial charge is 0.330 e. The first-order valence-corrected chi connectivity index (χ1v) is 9.59. The summed E-state index contributed by atoms with van der Waals surface area (Å²) in [6.07, 6.45) is 2.01. The molecule has 19 heavy (non-hydrogen) atoms. The summed E-state index contributed by atoms with van der Waals surface area (Å²) < 4.78 is 11.1. The van der Waals surface area contributed by atoms with Crippen LogP contribution in [0.2, 0.25) is 19.1 Å². The zero-order valence-electron chi connectivity index (χ0n) is 11.9. The van der Waals surface area contributed by atoms with Crippen LogP contribution in [0.1, 0.15) is 12.0 Å². The SMILES string of the molecule is C=CC(=O)OCCC[Si](C)(C)Oc1cccc(C)c1. The molecule has 0 aromatic heterocycles. The van der Waals surface area contributed by atoms with Gasteiger partial charge in [0.05, 0.1) is 6.61 Å². The lowest BCUT2D eigenvalue weighted by molar-refractivity contribution is -0.137. The van der Waals surface area contributed by atoms with Gasteiger partial charge in [0.25, 0.3) is 0 Å². The largest absolute Gasteiger partial charge is 0.544 e. The third-order valence-electron chi connectivity index (χ3n) is 2.72. The average Bonchev–Trinajstić information content (AvgIpc) is 2.33. The number of aryl methyl sites for hydroxylation is 1. The molecule has 1 aromatic rings. The number of carbonyl (C=O) groups is 1. The Balaban J connectivity index is 2.39. The summed E-state index contributed by atoms with van der Waals surface area (Å²) in [5, 5.41) is 0. The second-order valence-corrected chi connectivity index (χ2v) is 9.38. The molecule has 0 atom stereocenters. The van der Waals surface area contributed by atoms with Crippen LogP contribution in [0.4, 0.5) is 0 Å². The monoisotopic (exact) mass is 278 g/mol. The van der Waals surface area contributed by atoms with E-state index in [0.29, 0.717) is 6.61 Å². The molecule has 0 saturated carbocycles. The molecule has 0 radical (unpaired) electrons. The predicted octanol–water partition coefficient (Wildman–Crippen LogP) is 3.70. The first kappa shape index (κ1) is 15.5. The second kappa shape index (κ2) is 7.14. The second-order valence-electron chi connectivity index (χ2n) is 5.15. The minimum absolute atomic E-state index is 0.362. The van der Waals surface area contributed by atoms with Gasteiger partial charge in [-0.3, -0.25) is 0 Å². The minimum atomic E-state index is -1.77. The molecule has 1 rings (SSSR count). The predicted molar refractivity (Wildman–Crippen MR) is 79.9 cm³/mol. The van der Waals surface area contributed by atoms with Crippen LogP contribution in [0, 0.1) is 6.92 Å². The van der Waals surface area contributed by atoms with Crippen LogP contribution in [0.3, 0.4) is 0 Å². The fraction of sp³-hybridized carbons (Fsp3) is 0.400. The molecule has 0 spiro atoms. The third-order valence-corrected chi connectivity index (χ3v) is 5.06. The first-order valence-electron chi connectivity index (χ1n) is 6.48. The number of esters is 1. The van der Waals surface area contributed by atoms with Crippen LogP contribution in [0.5, 0.6) is 5.75 Å². The van der Waals surface area contributed by atoms with E-state index in [1.165, 1.54) is 11.6 Å². The zero-order valence-corrected chi connectivity index (χ0v) is 12.9. The van der Waals surface area contributed by atoms with E-state index in [9.17, 15) is 4.79 Å². The molecule has 0 aliphatic heterocycles. The van der Waals surface area contributed by atoms with Crippen molar-refractivity contribution in [3.05, 3.63) is 42.5 Å². The third kappa shape index (κ3) is 6.24. The molecule has 0 fully saturated rings. The van der Waals surface area contributed by atoms with Gasteiger partial charge in [-0.15, -0.1) is 0 Å². The molecule has 0 aliphatic rings. The Morgan fingerprint density at radius 3 is 2.79 bits per heavy atom. The van der Waals surface area contributed by atoms with E-state index < -0.39 is 8.32 Å². The van der Waals surface area contributed by atoms with Crippen molar-refractivity contribution < 1.29 is 14.0 Å². The molecule has 1 aromatic carbocycles. The fourth-order valence-electron chi connectivity index (χ4n) is 1.78. The van der Waals surface area contributed by atoms with Gasteiger partial charge in [0, 0.05) is 6.08 Å². The van der Waals surface area contributed by atoms with Gasteiger partial charge >= 0.3 is 5.97 Å². The maximum absolute atomic E-state index is 10.9. The normalized spacial score (nSPS) is 10.9. The van der Waals surface area contributed by atoms with Gasteiger partial charge in [0.1, 0.15) is 5.75 Å². The molecule has 0 amide bonds. The van der Waals surface area contributed by atoms with Crippen molar-refractivity contribution in [3.63, 3.8) is 0 Å². The summed E-state index contributed by atoms with van der Waals surface area (Å²) in [4.78, 5) is 10.9. The quantitative estimate of drug-likeness (QED) is 0.330. The molecule has 0 unspecified atom stereocenters. The van der Waals surface area contributed by atoms with Crippen LogP contribution in [0.15, 0.2) is 36.9 Å². The Bertz CT molecular complexity index is 441. The Morgan fingerprint density at radius 2 is 2.16 bits per heavy atom. The molecule has 4 heteroatoms. The van der Waals surface area contributed by atoms with Crippen molar-refractivity contribution in [2.24, 2.45) is 0 Å². The summed E-state index contributed by atoms with van der Waals surface area (Å²) in [6.45, 7) is 10.2. The van der Waals surface area contributed by atoms with Crippen LogP contribution >= 0.6 is 0 Å². The van der Waals surface area contributed by atoms with E-state index in [-0.39, 0.29) is 5.97 Å². The Morgan fingerprint density at radius 1 is 1.42 bits per heavy atom. The Hall–Kier alpha value is -1.55. The topological polar surface area (TPSA) is 35.5 Å². The van der Waals surface area contributed by atoms with E-state index in [2.05, 4.69) is 32.7 Å². The van der Waals surface area contributed by atoms with Crippen molar-refractivity contribution in [1.82, 2.24) is 0 Å². The van der Waals surface area contributed by atoms with Crippen molar-refractivity contribution >= 4 is 14.3 Å². The van der Waals surface area contributed by atoms with E-state index in [1.54, 1.807) is 0 Å². The summed E-state index contributed by atoms with van der Waals surface area (Å²) in [5.41, 5.74) is 1.20. The summed E-state index contributed by atoms with van der Waals surface area (Å²) >= 11 is 0. The number of ether oxygens (including phenoxy) is 1. The van der Waals surface area contributed by atoms with E-state index in [0.717, 1.165) is 18.2 Å². The van der Waals surface area contributed by atoms with Gasteiger partial charge < -0.3 is 9.16 Å². The maximum Gasteiger partial charge on any atom is 0.330 e. The number of hydrogen-bond donors (Lipinski definition) is 0. The number of benzene rings is 1. The molecular weight excluding hydrogens is 256 g/mol. The van der Waals surface area contributed by atoms with E-state index >= 15 is 0 Å². The molecule has 104 valence electrons. The van der Waals surface area contributed by atoms with Gasteiger partial charge in [-0.25, -0.2) is 4.79 Å².